The minimum absolute atomic E-state index is 0.0285. The van der Waals surface area contributed by atoms with E-state index in [4.69, 9.17) is 4.74 Å². The van der Waals surface area contributed by atoms with Gasteiger partial charge in [0.2, 0.25) is 5.91 Å². The number of carbonyl (C=O) groups excluding carboxylic acids is 3. The zero-order valence-electron chi connectivity index (χ0n) is 13.1. The molecule has 0 unspecified atom stereocenters. The van der Waals surface area contributed by atoms with Gasteiger partial charge in [-0.05, 0) is 52.3 Å². The minimum atomic E-state index is -0.804. The van der Waals surface area contributed by atoms with E-state index < -0.39 is 11.9 Å². The molecular weight excluding hydrogens is 410 g/mol. The summed E-state index contributed by atoms with van der Waals surface area (Å²) in [4.78, 5) is 38.3. The van der Waals surface area contributed by atoms with Crippen LogP contribution in [0.4, 0.5) is 5.69 Å². The second kappa shape index (κ2) is 7.34. The summed E-state index contributed by atoms with van der Waals surface area (Å²) in [6.45, 7) is 0. The van der Waals surface area contributed by atoms with Gasteiger partial charge in [0.05, 0.1) is 27.9 Å². The Morgan fingerprint density at radius 3 is 2.56 bits per heavy atom. The molecular formula is C16H14BrN3O4S. The van der Waals surface area contributed by atoms with Crippen molar-refractivity contribution in [2.75, 3.05) is 12.0 Å². The Balaban J connectivity index is 1.65. The van der Waals surface area contributed by atoms with Crippen LogP contribution in [0.5, 0.6) is 5.75 Å². The summed E-state index contributed by atoms with van der Waals surface area (Å²) in [5, 5.41) is 0. The average molecular weight is 424 g/mol. The van der Waals surface area contributed by atoms with Gasteiger partial charge in [-0.15, -0.1) is 11.3 Å². The van der Waals surface area contributed by atoms with Crippen molar-refractivity contribution in [1.29, 1.82) is 0 Å². The molecule has 0 radical (unpaired) electrons. The molecule has 130 valence electrons. The Kier molecular flexibility index (Phi) is 5.16. The zero-order valence-corrected chi connectivity index (χ0v) is 15.5. The molecule has 7 nitrogen and oxygen atoms in total. The summed E-state index contributed by atoms with van der Waals surface area (Å²) in [5.41, 5.74) is 5.59. The highest BCUT2D eigenvalue weighted by atomic mass is 79.9. The molecule has 1 aromatic heterocycles. The molecule has 2 N–H and O–H groups in total. The van der Waals surface area contributed by atoms with Crippen molar-refractivity contribution in [3.05, 3.63) is 45.1 Å². The number of nitrogens with zero attached hydrogens (tertiary/aromatic N) is 1. The molecule has 2 heterocycles. The van der Waals surface area contributed by atoms with Crippen LogP contribution in [-0.2, 0) is 9.59 Å². The largest absolute Gasteiger partial charge is 0.497 e. The number of rotatable bonds is 5. The number of hydrogen-bond donors (Lipinski definition) is 2. The molecule has 1 saturated heterocycles. The smallest absolute Gasteiger partial charge is 0.275 e. The number of thiophene rings is 1. The quantitative estimate of drug-likeness (QED) is 0.567. The number of amides is 3. The van der Waals surface area contributed by atoms with Gasteiger partial charge in [-0.25, -0.2) is 10.3 Å². The van der Waals surface area contributed by atoms with Crippen molar-refractivity contribution < 1.29 is 19.1 Å². The second-order valence-electron chi connectivity index (χ2n) is 5.22. The first-order valence-electron chi connectivity index (χ1n) is 7.31. The Hall–Kier alpha value is -2.23. The molecule has 0 saturated carbocycles. The van der Waals surface area contributed by atoms with E-state index in [1.165, 1.54) is 18.4 Å². The summed E-state index contributed by atoms with van der Waals surface area (Å²) in [5.74, 6) is -0.477. The van der Waals surface area contributed by atoms with E-state index in [1.807, 2.05) is 0 Å². The maximum Gasteiger partial charge on any atom is 0.275 e. The number of hydrogen-bond acceptors (Lipinski definition) is 6. The maximum atomic E-state index is 12.5. The summed E-state index contributed by atoms with van der Waals surface area (Å²) >= 11 is 4.55. The first-order valence-corrected chi connectivity index (χ1v) is 8.92. The van der Waals surface area contributed by atoms with E-state index >= 15 is 0 Å². The number of anilines is 1. The van der Waals surface area contributed by atoms with Crippen molar-refractivity contribution in [3.8, 4) is 5.75 Å². The van der Waals surface area contributed by atoms with Crippen molar-refractivity contribution >= 4 is 50.7 Å². The number of methoxy groups -OCH3 is 1. The fourth-order valence-corrected chi connectivity index (χ4v) is 3.68. The van der Waals surface area contributed by atoms with E-state index in [0.717, 1.165) is 8.69 Å². The predicted molar refractivity (Wildman–Crippen MR) is 96.5 cm³/mol. The van der Waals surface area contributed by atoms with E-state index in [9.17, 15) is 14.4 Å². The number of ether oxygens (including phenoxy) is 1. The highest BCUT2D eigenvalue weighted by Gasteiger charge is 2.39. The van der Waals surface area contributed by atoms with Crippen LogP contribution in [0.3, 0.4) is 0 Å². The standard InChI is InChI=1S/C16H14BrN3O4S/c1-24-10-4-2-9(3-5-10)20-14(21)8-11(16(20)23)18-19-15(22)12-6-7-13(17)25-12/h2-7,11,18H,8H2,1H3,(H,19,22)/t11-/m0/s1. The number of carbonyl (C=O) groups is 3. The highest BCUT2D eigenvalue weighted by Crippen LogP contribution is 2.25. The van der Waals surface area contributed by atoms with Crippen LogP contribution in [0.15, 0.2) is 40.2 Å². The van der Waals surface area contributed by atoms with Gasteiger partial charge in [-0.1, -0.05) is 0 Å². The van der Waals surface area contributed by atoms with Crippen LogP contribution >= 0.6 is 27.3 Å². The lowest BCUT2D eigenvalue weighted by Crippen LogP contribution is -2.48. The predicted octanol–water partition coefficient (Wildman–Crippen LogP) is 2.09. The van der Waals surface area contributed by atoms with Gasteiger partial charge in [-0.2, -0.15) is 0 Å². The van der Waals surface area contributed by atoms with Crippen LogP contribution < -0.4 is 20.5 Å². The third-order valence-corrected chi connectivity index (χ3v) is 5.26. The molecule has 3 rings (SSSR count). The molecule has 1 atom stereocenters. The van der Waals surface area contributed by atoms with E-state index in [1.54, 1.807) is 36.4 Å². The summed E-state index contributed by atoms with van der Waals surface area (Å²) < 4.78 is 5.89. The Labute approximate surface area is 156 Å². The van der Waals surface area contributed by atoms with E-state index in [2.05, 4.69) is 26.8 Å². The molecule has 0 bridgehead atoms. The van der Waals surface area contributed by atoms with Gasteiger partial charge in [0, 0.05) is 0 Å². The molecule has 1 aliphatic rings. The molecule has 1 aromatic carbocycles. The third kappa shape index (κ3) is 3.73. The molecule has 2 aromatic rings. The highest BCUT2D eigenvalue weighted by molar-refractivity contribution is 9.11. The molecule has 3 amide bonds. The van der Waals surface area contributed by atoms with Crippen molar-refractivity contribution in [2.45, 2.75) is 12.5 Å². The van der Waals surface area contributed by atoms with E-state index in [-0.39, 0.29) is 18.2 Å². The molecule has 0 spiro atoms. The van der Waals surface area contributed by atoms with E-state index in [0.29, 0.717) is 16.3 Å². The number of halogens is 1. The van der Waals surface area contributed by atoms with Gasteiger partial charge >= 0.3 is 0 Å². The number of nitrogens with one attached hydrogen (secondary N) is 2. The first kappa shape index (κ1) is 17.6. The van der Waals surface area contributed by atoms with Crippen LogP contribution in [-0.4, -0.2) is 30.9 Å². The molecule has 1 fully saturated rings. The van der Waals surface area contributed by atoms with Gasteiger partial charge in [0.15, 0.2) is 0 Å². The summed E-state index contributed by atoms with van der Waals surface area (Å²) in [7, 11) is 1.54. The van der Waals surface area contributed by atoms with Gasteiger partial charge in [0.1, 0.15) is 11.8 Å². The molecule has 9 heteroatoms. The lowest BCUT2D eigenvalue weighted by molar-refractivity contribution is -0.121. The third-order valence-electron chi connectivity index (χ3n) is 3.63. The molecule has 1 aliphatic heterocycles. The van der Waals surface area contributed by atoms with Crippen molar-refractivity contribution in [3.63, 3.8) is 0 Å². The molecule has 0 aliphatic carbocycles. The lowest BCUT2D eigenvalue weighted by Gasteiger charge is -2.16. The normalized spacial score (nSPS) is 17.0. The Morgan fingerprint density at radius 2 is 1.96 bits per heavy atom. The number of benzene rings is 1. The van der Waals surface area contributed by atoms with Crippen molar-refractivity contribution in [2.24, 2.45) is 0 Å². The molecule has 25 heavy (non-hydrogen) atoms. The fraction of sp³-hybridized carbons (Fsp3) is 0.188. The van der Waals surface area contributed by atoms with Crippen LogP contribution in [0.1, 0.15) is 16.1 Å². The Morgan fingerprint density at radius 1 is 1.24 bits per heavy atom. The van der Waals surface area contributed by atoms with Crippen LogP contribution in [0.25, 0.3) is 0 Å². The van der Waals surface area contributed by atoms with Crippen LogP contribution in [0, 0.1) is 0 Å². The SMILES string of the molecule is COc1ccc(N2C(=O)C[C@H](NNC(=O)c3ccc(Br)s3)C2=O)cc1. The van der Waals surface area contributed by atoms with Gasteiger partial charge in [-0.3, -0.25) is 19.8 Å². The summed E-state index contributed by atoms with van der Waals surface area (Å²) in [6.07, 6.45) is -0.0285. The van der Waals surface area contributed by atoms with Gasteiger partial charge in [0.25, 0.3) is 11.8 Å². The summed E-state index contributed by atoms with van der Waals surface area (Å²) in [6, 6.07) is 9.24. The van der Waals surface area contributed by atoms with Crippen LogP contribution in [0.2, 0.25) is 0 Å². The topological polar surface area (TPSA) is 87.7 Å². The Bertz CT molecular complexity index is 821. The zero-order chi connectivity index (χ0) is 18.0. The fourth-order valence-electron chi connectivity index (χ4n) is 2.40. The minimum Gasteiger partial charge on any atom is -0.497 e. The maximum absolute atomic E-state index is 12.5. The average Bonchev–Trinajstić information content (AvgIpc) is 3.16. The lowest BCUT2D eigenvalue weighted by atomic mass is 10.2. The van der Waals surface area contributed by atoms with Crippen molar-refractivity contribution in [1.82, 2.24) is 10.9 Å². The number of hydrazine groups is 1. The second-order valence-corrected chi connectivity index (χ2v) is 7.69. The first-order chi connectivity index (χ1) is 12.0. The number of imide groups is 1. The van der Waals surface area contributed by atoms with Gasteiger partial charge < -0.3 is 4.74 Å². The monoisotopic (exact) mass is 423 g/mol.